The number of hydrogen-bond donors (Lipinski definition) is 1. The van der Waals surface area contributed by atoms with Gasteiger partial charge in [-0.3, -0.25) is 4.68 Å². The first-order valence-corrected chi connectivity index (χ1v) is 7.03. The van der Waals surface area contributed by atoms with Crippen LogP contribution in [0.3, 0.4) is 0 Å². The summed E-state index contributed by atoms with van der Waals surface area (Å²) in [7, 11) is 1.90. The maximum atomic E-state index is 14.2. The highest BCUT2D eigenvalue weighted by Gasteiger charge is 2.21. The molecule has 1 aromatic carbocycles. The molecule has 4 heteroatoms. The summed E-state index contributed by atoms with van der Waals surface area (Å²) in [5, 5.41) is 7.80. The van der Waals surface area contributed by atoms with Gasteiger partial charge in [-0.05, 0) is 38.9 Å². The molecule has 2 aromatic rings. The molecule has 0 fully saturated rings. The van der Waals surface area contributed by atoms with Gasteiger partial charge in [0.2, 0.25) is 0 Å². The second kappa shape index (κ2) is 6.18. The summed E-state index contributed by atoms with van der Waals surface area (Å²) in [6.45, 7) is 6.87. The molecular weight excluding hydrogens is 253 g/mol. The molecule has 1 heterocycles. The summed E-state index contributed by atoms with van der Waals surface area (Å²) in [5.74, 6) is -0.178. The number of hydrogen-bond acceptors (Lipinski definition) is 2. The Bertz CT molecular complexity index is 589. The summed E-state index contributed by atoms with van der Waals surface area (Å²) in [5.41, 5.74) is 3.67. The van der Waals surface area contributed by atoms with Gasteiger partial charge >= 0.3 is 0 Å². The van der Waals surface area contributed by atoms with Crippen LogP contribution in [0.15, 0.2) is 24.3 Å². The molecule has 0 aliphatic rings. The van der Waals surface area contributed by atoms with Crippen LogP contribution in [0.5, 0.6) is 0 Å². The Kier molecular flexibility index (Phi) is 4.55. The molecule has 3 nitrogen and oxygen atoms in total. The lowest BCUT2D eigenvalue weighted by Crippen LogP contribution is -2.26. The van der Waals surface area contributed by atoms with Gasteiger partial charge < -0.3 is 5.32 Å². The highest BCUT2D eigenvalue weighted by atomic mass is 19.1. The van der Waals surface area contributed by atoms with E-state index in [1.165, 1.54) is 6.07 Å². The Labute approximate surface area is 119 Å². The van der Waals surface area contributed by atoms with Crippen LogP contribution in [0, 0.1) is 19.7 Å². The fourth-order valence-electron chi connectivity index (χ4n) is 2.45. The second-order valence-electron chi connectivity index (χ2n) is 5.25. The van der Waals surface area contributed by atoms with Crippen molar-refractivity contribution >= 4 is 0 Å². The summed E-state index contributed by atoms with van der Waals surface area (Å²) in [4.78, 5) is 0. The average molecular weight is 275 g/mol. The van der Waals surface area contributed by atoms with E-state index in [0.29, 0.717) is 5.56 Å². The van der Waals surface area contributed by atoms with Crippen LogP contribution < -0.4 is 5.32 Å². The Morgan fingerprint density at radius 1 is 1.30 bits per heavy atom. The zero-order valence-electron chi connectivity index (χ0n) is 12.6. The van der Waals surface area contributed by atoms with Gasteiger partial charge in [-0.15, -0.1) is 0 Å². The minimum absolute atomic E-state index is 0.166. The number of rotatable bonds is 5. The van der Waals surface area contributed by atoms with Crippen molar-refractivity contribution in [3.8, 4) is 0 Å². The lowest BCUT2D eigenvalue weighted by molar-refractivity contribution is 0.519. The molecule has 1 N–H and O–H groups in total. The van der Waals surface area contributed by atoms with Gasteiger partial charge in [0, 0.05) is 12.6 Å². The first kappa shape index (κ1) is 14.7. The quantitative estimate of drug-likeness (QED) is 0.907. The Morgan fingerprint density at radius 3 is 2.65 bits per heavy atom. The number of aromatic nitrogens is 2. The molecular formula is C16H22FN3. The molecule has 20 heavy (non-hydrogen) atoms. The third-order valence-corrected chi connectivity index (χ3v) is 3.39. The fraction of sp³-hybridized carbons (Fsp3) is 0.438. The normalized spacial score (nSPS) is 12.7. The molecule has 0 saturated heterocycles. The number of nitrogens with zero attached hydrogens (tertiary/aromatic N) is 2. The fourth-order valence-corrected chi connectivity index (χ4v) is 2.45. The number of aryl methyl sites for hydroxylation is 3. The van der Waals surface area contributed by atoms with E-state index in [1.54, 1.807) is 6.07 Å². The van der Waals surface area contributed by atoms with E-state index < -0.39 is 0 Å². The van der Waals surface area contributed by atoms with Crippen molar-refractivity contribution in [2.45, 2.75) is 33.2 Å². The van der Waals surface area contributed by atoms with Crippen LogP contribution in [-0.2, 0) is 7.05 Å². The van der Waals surface area contributed by atoms with Gasteiger partial charge in [0.15, 0.2) is 0 Å². The molecule has 1 unspecified atom stereocenters. The Hall–Kier alpha value is -1.68. The van der Waals surface area contributed by atoms with E-state index in [1.807, 2.05) is 37.7 Å². The molecule has 0 radical (unpaired) electrons. The maximum Gasteiger partial charge on any atom is 0.128 e. The first-order valence-electron chi connectivity index (χ1n) is 7.03. The van der Waals surface area contributed by atoms with Gasteiger partial charge in [-0.25, -0.2) is 4.39 Å². The van der Waals surface area contributed by atoms with Crippen LogP contribution in [-0.4, -0.2) is 16.3 Å². The van der Waals surface area contributed by atoms with E-state index in [9.17, 15) is 4.39 Å². The SMILES string of the molecule is CCCNC(c1cc(C)ccc1F)c1cc(C)nn1C. The van der Waals surface area contributed by atoms with Crippen molar-refractivity contribution in [1.82, 2.24) is 15.1 Å². The minimum atomic E-state index is -0.178. The monoisotopic (exact) mass is 275 g/mol. The Balaban J connectivity index is 2.46. The van der Waals surface area contributed by atoms with E-state index in [4.69, 9.17) is 0 Å². The van der Waals surface area contributed by atoms with Gasteiger partial charge in [0.25, 0.3) is 0 Å². The first-order chi connectivity index (χ1) is 9.52. The predicted octanol–water partition coefficient (Wildman–Crippen LogP) is 3.27. The van der Waals surface area contributed by atoms with Gasteiger partial charge in [0.05, 0.1) is 17.4 Å². The van der Waals surface area contributed by atoms with Crippen LogP contribution in [0.4, 0.5) is 4.39 Å². The van der Waals surface area contributed by atoms with Crippen molar-refractivity contribution in [3.05, 3.63) is 52.6 Å². The molecule has 0 amide bonds. The molecule has 108 valence electrons. The zero-order valence-corrected chi connectivity index (χ0v) is 12.6. The summed E-state index contributed by atoms with van der Waals surface area (Å²) >= 11 is 0. The zero-order chi connectivity index (χ0) is 14.7. The van der Waals surface area contributed by atoms with Crippen LogP contribution in [0.1, 0.15) is 41.9 Å². The lowest BCUT2D eigenvalue weighted by Gasteiger charge is -2.20. The lowest BCUT2D eigenvalue weighted by atomic mass is 10.0. The maximum absolute atomic E-state index is 14.2. The van der Waals surface area contributed by atoms with Crippen molar-refractivity contribution in [3.63, 3.8) is 0 Å². The van der Waals surface area contributed by atoms with Crippen molar-refractivity contribution < 1.29 is 4.39 Å². The van der Waals surface area contributed by atoms with Crippen molar-refractivity contribution in [2.24, 2.45) is 7.05 Å². The van der Waals surface area contributed by atoms with E-state index >= 15 is 0 Å². The molecule has 1 atom stereocenters. The van der Waals surface area contributed by atoms with E-state index in [-0.39, 0.29) is 11.9 Å². The van der Waals surface area contributed by atoms with E-state index in [2.05, 4.69) is 17.3 Å². The third-order valence-electron chi connectivity index (χ3n) is 3.39. The number of halogens is 1. The number of benzene rings is 1. The average Bonchev–Trinajstić information content (AvgIpc) is 2.73. The van der Waals surface area contributed by atoms with Crippen molar-refractivity contribution in [2.75, 3.05) is 6.54 Å². The largest absolute Gasteiger partial charge is 0.305 e. The second-order valence-corrected chi connectivity index (χ2v) is 5.25. The van der Waals surface area contributed by atoms with E-state index in [0.717, 1.165) is 29.9 Å². The molecule has 1 aromatic heterocycles. The van der Waals surface area contributed by atoms with Gasteiger partial charge in [0.1, 0.15) is 5.82 Å². The highest BCUT2D eigenvalue weighted by molar-refractivity contribution is 5.33. The molecule has 0 spiro atoms. The highest BCUT2D eigenvalue weighted by Crippen LogP contribution is 2.25. The summed E-state index contributed by atoms with van der Waals surface area (Å²) in [6, 6.07) is 7.08. The molecule has 0 aliphatic carbocycles. The third kappa shape index (κ3) is 3.07. The molecule has 2 rings (SSSR count). The van der Waals surface area contributed by atoms with Crippen molar-refractivity contribution in [1.29, 1.82) is 0 Å². The van der Waals surface area contributed by atoms with Gasteiger partial charge in [-0.2, -0.15) is 5.10 Å². The predicted molar refractivity (Wildman–Crippen MR) is 79.2 cm³/mol. The summed E-state index contributed by atoms with van der Waals surface area (Å²) < 4.78 is 16.0. The topological polar surface area (TPSA) is 29.9 Å². The molecule has 0 bridgehead atoms. The summed E-state index contributed by atoms with van der Waals surface area (Å²) in [6.07, 6.45) is 1.00. The molecule has 0 saturated carbocycles. The van der Waals surface area contributed by atoms with Crippen LogP contribution >= 0.6 is 0 Å². The minimum Gasteiger partial charge on any atom is -0.305 e. The standard InChI is InChI=1S/C16H22FN3/c1-5-8-18-16(15-10-12(3)19-20(15)4)13-9-11(2)6-7-14(13)17/h6-7,9-10,16,18H,5,8H2,1-4H3. The molecule has 0 aliphatic heterocycles. The number of nitrogens with one attached hydrogen (secondary N) is 1. The van der Waals surface area contributed by atoms with Crippen LogP contribution in [0.2, 0.25) is 0 Å². The Morgan fingerprint density at radius 2 is 2.05 bits per heavy atom. The van der Waals surface area contributed by atoms with Crippen LogP contribution in [0.25, 0.3) is 0 Å². The smallest absolute Gasteiger partial charge is 0.128 e. The van der Waals surface area contributed by atoms with Gasteiger partial charge in [-0.1, -0.05) is 24.6 Å².